The normalized spacial score (nSPS) is 10.7. The van der Waals surface area contributed by atoms with E-state index in [4.69, 9.17) is 0 Å². The summed E-state index contributed by atoms with van der Waals surface area (Å²) in [5, 5.41) is 9.45. The van der Waals surface area contributed by atoms with E-state index < -0.39 is 0 Å². The monoisotopic (exact) mass is 371 g/mol. The van der Waals surface area contributed by atoms with Crippen molar-refractivity contribution in [3.8, 4) is 17.1 Å². The molecule has 0 saturated carbocycles. The zero-order chi connectivity index (χ0) is 18.5. The molecule has 0 saturated heterocycles. The molecule has 0 aliphatic heterocycles. The largest absolute Gasteiger partial charge is 0.293 e. The molecule has 4 nitrogen and oxygen atoms in total. The fourth-order valence-corrected chi connectivity index (χ4v) is 3.63. The van der Waals surface area contributed by atoms with Crippen LogP contribution in [-0.4, -0.2) is 26.3 Å². The van der Waals surface area contributed by atoms with Gasteiger partial charge in [0, 0.05) is 16.8 Å². The summed E-state index contributed by atoms with van der Waals surface area (Å²) in [6.07, 6.45) is 0. The van der Waals surface area contributed by atoms with Crippen molar-refractivity contribution in [3.63, 3.8) is 0 Å². The van der Waals surface area contributed by atoms with Crippen molar-refractivity contribution in [2.45, 2.75) is 5.16 Å². The highest BCUT2D eigenvalue weighted by molar-refractivity contribution is 7.99. The third kappa shape index (κ3) is 3.83. The lowest BCUT2D eigenvalue weighted by molar-refractivity contribution is 0.102. The highest BCUT2D eigenvalue weighted by Gasteiger charge is 2.17. The number of thioether (sulfide) groups is 1. The summed E-state index contributed by atoms with van der Waals surface area (Å²) < 4.78 is 2.00. The van der Waals surface area contributed by atoms with Crippen LogP contribution in [0.1, 0.15) is 10.4 Å². The lowest BCUT2D eigenvalue weighted by atomic mass is 10.2. The second-order valence-electron chi connectivity index (χ2n) is 5.92. The van der Waals surface area contributed by atoms with Crippen molar-refractivity contribution in [3.05, 3.63) is 96.6 Å². The SMILES string of the molecule is O=C(CSc1nnc(-c2ccccc2)n1-c1ccccc1)c1ccccc1. The molecule has 0 atom stereocenters. The molecule has 4 rings (SSSR count). The summed E-state index contributed by atoms with van der Waals surface area (Å²) >= 11 is 1.40. The van der Waals surface area contributed by atoms with E-state index >= 15 is 0 Å². The van der Waals surface area contributed by atoms with Gasteiger partial charge in [0.05, 0.1) is 5.75 Å². The van der Waals surface area contributed by atoms with E-state index in [9.17, 15) is 4.79 Å². The van der Waals surface area contributed by atoms with Gasteiger partial charge in [-0.3, -0.25) is 9.36 Å². The average molecular weight is 371 g/mol. The smallest absolute Gasteiger partial charge is 0.196 e. The zero-order valence-corrected chi connectivity index (χ0v) is 15.3. The third-order valence-corrected chi connectivity index (χ3v) is 5.04. The Hall–Kier alpha value is -3.18. The highest BCUT2D eigenvalue weighted by Crippen LogP contribution is 2.28. The number of nitrogens with zero attached hydrogens (tertiary/aromatic N) is 3. The minimum atomic E-state index is 0.0736. The van der Waals surface area contributed by atoms with Gasteiger partial charge < -0.3 is 0 Å². The van der Waals surface area contributed by atoms with Gasteiger partial charge in [0.15, 0.2) is 16.8 Å². The van der Waals surface area contributed by atoms with Gasteiger partial charge in [0.25, 0.3) is 0 Å². The molecule has 0 N–H and O–H groups in total. The molecule has 1 aromatic heterocycles. The number of aromatic nitrogens is 3. The van der Waals surface area contributed by atoms with E-state index in [1.165, 1.54) is 11.8 Å². The molecule has 5 heteroatoms. The van der Waals surface area contributed by atoms with Gasteiger partial charge in [-0.1, -0.05) is 90.6 Å². The maximum absolute atomic E-state index is 12.5. The Morgan fingerprint density at radius 3 is 2.04 bits per heavy atom. The second-order valence-corrected chi connectivity index (χ2v) is 6.86. The number of para-hydroxylation sites is 1. The number of carbonyl (C=O) groups is 1. The molecule has 0 aliphatic carbocycles. The first-order chi connectivity index (χ1) is 13.3. The van der Waals surface area contributed by atoms with Crippen LogP contribution in [0, 0.1) is 0 Å². The van der Waals surface area contributed by atoms with Crippen LogP contribution in [0.25, 0.3) is 17.1 Å². The molecular formula is C22H17N3OS. The standard InChI is InChI=1S/C22H17N3OS/c26-20(17-10-4-1-5-11-17)16-27-22-24-23-21(18-12-6-2-7-13-18)25(22)19-14-8-3-9-15-19/h1-15H,16H2. The molecule has 27 heavy (non-hydrogen) atoms. The summed E-state index contributed by atoms with van der Waals surface area (Å²) in [6.45, 7) is 0. The van der Waals surface area contributed by atoms with Crippen LogP contribution in [0.15, 0.2) is 96.2 Å². The Bertz CT molecular complexity index is 1030. The summed E-state index contributed by atoms with van der Waals surface area (Å²) in [5.74, 6) is 1.14. The number of Topliss-reactive ketones (excluding diaryl/α,β-unsaturated/α-hetero) is 1. The number of carbonyl (C=O) groups excluding carboxylic acids is 1. The predicted octanol–water partition coefficient (Wildman–Crippen LogP) is 4.91. The maximum atomic E-state index is 12.5. The average Bonchev–Trinajstić information content (AvgIpc) is 3.18. The molecule has 0 spiro atoms. The van der Waals surface area contributed by atoms with Gasteiger partial charge in [-0.2, -0.15) is 0 Å². The van der Waals surface area contributed by atoms with E-state index in [1.54, 1.807) is 0 Å². The number of hydrogen-bond donors (Lipinski definition) is 0. The first-order valence-electron chi connectivity index (χ1n) is 8.60. The molecule has 132 valence electrons. The van der Waals surface area contributed by atoms with Gasteiger partial charge in [-0.15, -0.1) is 10.2 Å². The van der Waals surface area contributed by atoms with Crippen molar-refractivity contribution in [2.75, 3.05) is 5.75 Å². The Kier molecular flexibility index (Phi) is 5.12. The maximum Gasteiger partial charge on any atom is 0.196 e. The van der Waals surface area contributed by atoms with Gasteiger partial charge in [0.1, 0.15) is 0 Å². The van der Waals surface area contributed by atoms with Crippen LogP contribution in [0.2, 0.25) is 0 Å². The van der Waals surface area contributed by atoms with Crippen LogP contribution in [-0.2, 0) is 0 Å². The minimum absolute atomic E-state index is 0.0736. The van der Waals surface area contributed by atoms with Gasteiger partial charge in [0.2, 0.25) is 0 Å². The van der Waals surface area contributed by atoms with Crippen molar-refractivity contribution in [1.29, 1.82) is 0 Å². The summed E-state index contributed by atoms with van der Waals surface area (Å²) in [7, 11) is 0. The molecule has 0 bridgehead atoms. The van der Waals surface area contributed by atoms with Crippen molar-refractivity contribution >= 4 is 17.5 Å². The molecule has 3 aromatic carbocycles. The summed E-state index contributed by atoms with van der Waals surface area (Å²) in [6, 6.07) is 29.2. The van der Waals surface area contributed by atoms with Gasteiger partial charge >= 0.3 is 0 Å². The van der Waals surface area contributed by atoms with E-state index in [-0.39, 0.29) is 5.78 Å². The summed E-state index contributed by atoms with van der Waals surface area (Å²) in [4.78, 5) is 12.5. The molecule has 0 radical (unpaired) electrons. The van der Waals surface area contributed by atoms with Crippen molar-refractivity contribution < 1.29 is 4.79 Å². The van der Waals surface area contributed by atoms with Gasteiger partial charge in [-0.25, -0.2) is 0 Å². The number of ketones is 1. The van der Waals surface area contributed by atoms with Crippen LogP contribution >= 0.6 is 11.8 Å². The molecule has 0 unspecified atom stereocenters. The van der Waals surface area contributed by atoms with Gasteiger partial charge in [-0.05, 0) is 12.1 Å². The topological polar surface area (TPSA) is 47.8 Å². The minimum Gasteiger partial charge on any atom is -0.293 e. The summed E-state index contributed by atoms with van der Waals surface area (Å²) in [5.41, 5.74) is 2.66. The molecule has 0 fully saturated rings. The fourth-order valence-electron chi connectivity index (χ4n) is 2.78. The molecule has 0 aliphatic rings. The lowest BCUT2D eigenvalue weighted by Crippen LogP contribution is -2.04. The molecule has 0 amide bonds. The van der Waals surface area contributed by atoms with E-state index in [2.05, 4.69) is 10.2 Å². The first-order valence-corrected chi connectivity index (χ1v) is 9.59. The second kappa shape index (κ2) is 8.01. The molecule has 4 aromatic rings. The Labute approximate surface area is 161 Å². The predicted molar refractivity (Wildman–Crippen MR) is 108 cm³/mol. The fraction of sp³-hybridized carbons (Fsp3) is 0.0455. The molecule has 1 heterocycles. The quantitative estimate of drug-likeness (QED) is 0.357. The number of hydrogen-bond acceptors (Lipinski definition) is 4. The van der Waals surface area contributed by atoms with Crippen molar-refractivity contribution in [1.82, 2.24) is 14.8 Å². The van der Waals surface area contributed by atoms with E-state index in [1.807, 2.05) is 95.6 Å². The highest BCUT2D eigenvalue weighted by atomic mass is 32.2. The Morgan fingerprint density at radius 1 is 0.778 bits per heavy atom. The van der Waals surface area contributed by atoms with Crippen LogP contribution in [0.4, 0.5) is 0 Å². The third-order valence-electron chi connectivity index (χ3n) is 4.11. The first kappa shape index (κ1) is 17.2. The van der Waals surface area contributed by atoms with Crippen LogP contribution in [0.5, 0.6) is 0 Å². The van der Waals surface area contributed by atoms with Crippen LogP contribution in [0.3, 0.4) is 0 Å². The molecular weight excluding hydrogens is 354 g/mol. The van der Waals surface area contributed by atoms with E-state index in [0.717, 1.165) is 17.1 Å². The van der Waals surface area contributed by atoms with Crippen LogP contribution < -0.4 is 0 Å². The Morgan fingerprint density at radius 2 is 1.37 bits per heavy atom. The number of rotatable bonds is 6. The van der Waals surface area contributed by atoms with Crippen molar-refractivity contribution in [2.24, 2.45) is 0 Å². The number of benzene rings is 3. The Balaban J connectivity index is 1.67. The van der Waals surface area contributed by atoms with E-state index in [0.29, 0.717) is 16.5 Å². The zero-order valence-electron chi connectivity index (χ0n) is 14.5. The lowest BCUT2D eigenvalue weighted by Gasteiger charge is -2.10.